The molecule has 4 aromatic rings. The Bertz CT molecular complexity index is 2170. The Hall–Kier alpha value is -4.75. The first-order chi connectivity index (χ1) is 28.1. The van der Waals surface area contributed by atoms with Crippen LogP contribution in [0.3, 0.4) is 0 Å². The van der Waals surface area contributed by atoms with Gasteiger partial charge in [-0.25, -0.2) is 9.48 Å². The summed E-state index contributed by atoms with van der Waals surface area (Å²) in [5.74, 6) is -0.147. The van der Waals surface area contributed by atoms with Gasteiger partial charge < -0.3 is 29.7 Å². The van der Waals surface area contributed by atoms with Gasteiger partial charge in [0.15, 0.2) is 6.73 Å². The molecule has 4 aliphatic rings. The molecule has 0 spiro atoms. The Balaban J connectivity index is 0.951. The number of benzene rings is 2. The molecule has 2 aromatic carbocycles. The van der Waals surface area contributed by atoms with E-state index >= 15 is 0 Å². The lowest BCUT2D eigenvalue weighted by Crippen LogP contribution is -2.59. The average Bonchev–Trinajstić information content (AvgIpc) is 3.92. The van der Waals surface area contributed by atoms with Gasteiger partial charge in [0.2, 0.25) is 5.91 Å². The van der Waals surface area contributed by atoms with E-state index in [4.69, 9.17) is 9.84 Å². The second-order valence-corrected chi connectivity index (χ2v) is 17.5. The second-order valence-electron chi connectivity index (χ2n) is 17.5. The lowest BCUT2D eigenvalue weighted by molar-refractivity contribution is -0.155. The van der Waals surface area contributed by atoms with Gasteiger partial charge in [-0.15, -0.1) is 0 Å². The van der Waals surface area contributed by atoms with Crippen LogP contribution in [0.5, 0.6) is 0 Å². The first kappa shape index (κ1) is 40.0. The Kier molecular flexibility index (Phi) is 11.9. The molecule has 0 unspecified atom stereocenters. The smallest absolute Gasteiger partial charge is 0.318 e. The molecule has 1 aliphatic carbocycles. The minimum Gasteiger partial charge on any atom is -0.442 e. The van der Waals surface area contributed by atoms with Gasteiger partial charge >= 0.3 is 12.0 Å². The molecule has 0 radical (unpaired) electrons. The number of carbonyl (C=O) groups excluding carboxylic acids is 3. The molecule has 1 atom stereocenters. The van der Waals surface area contributed by atoms with E-state index in [1.54, 1.807) is 9.58 Å². The van der Waals surface area contributed by atoms with Crippen LogP contribution in [0.4, 0.5) is 4.79 Å². The number of piperazine rings is 1. The maximum absolute atomic E-state index is 14.4. The highest BCUT2D eigenvalue weighted by molar-refractivity contribution is 5.88. The molecule has 310 valence electrons. The van der Waals surface area contributed by atoms with Gasteiger partial charge in [0.05, 0.1) is 10.9 Å². The standard InChI is InChI=1S/C45H60N8O5/c1-4-5-14-45(15-16-45)43(56)58-30-53-29-35-26-32(25-31(2)40(35)48-53)27-39(42(55)51-23-21-50(22-24-51)36-12-17-49(3)18-13-36)47-44(57)52-19-10-33(11-20-52)37-28-34-8-6-7-9-38(34)46-41(37)54/h6-9,25-26,28-29,33,36,39H,4-5,10-24,27,30H2,1-3H3,(H,46,54)(H,47,57)/t39-/m1/s1. The molecular formula is C45H60N8O5. The maximum atomic E-state index is 14.4. The van der Waals surface area contributed by atoms with E-state index in [-0.39, 0.29) is 41.5 Å². The number of likely N-dealkylation sites (tertiary alicyclic amines) is 2. The van der Waals surface area contributed by atoms with Crippen LogP contribution in [-0.4, -0.2) is 124 Å². The maximum Gasteiger partial charge on any atom is 0.318 e. The van der Waals surface area contributed by atoms with Crippen LogP contribution < -0.4 is 10.9 Å². The number of aryl methyl sites for hydroxylation is 1. The zero-order valence-electron chi connectivity index (χ0n) is 34.5. The Labute approximate surface area is 341 Å². The first-order valence-electron chi connectivity index (χ1n) is 21.6. The van der Waals surface area contributed by atoms with Crippen molar-refractivity contribution in [3.05, 3.63) is 75.7 Å². The van der Waals surface area contributed by atoms with Crippen LogP contribution >= 0.6 is 0 Å². The first-order valence-corrected chi connectivity index (χ1v) is 21.6. The molecule has 8 rings (SSSR count). The third-order valence-corrected chi connectivity index (χ3v) is 13.4. The van der Waals surface area contributed by atoms with Gasteiger partial charge in [0.25, 0.3) is 5.56 Å². The van der Waals surface area contributed by atoms with Crippen LogP contribution in [0, 0.1) is 12.3 Å². The molecule has 2 N–H and O–H groups in total. The van der Waals surface area contributed by atoms with Crippen molar-refractivity contribution in [2.45, 2.75) is 103 Å². The molecule has 13 nitrogen and oxygen atoms in total. The fourth-order valence-electron chi connectivity index (χ4n) is 9.55. The molecule has 13 heteroatoms. The van der Waals surface area contributed by atoms with Gasteiger partial charge in [0, 0.05) is 74.4 Å². The van der Waals surface area contributed by atoms with Crippen LogP contribution in [0.1, 0.15) is 87.3 Å². The van der Waals surface area contributed by atoms with E-state index in [1.165, 1.54) is 0 Å². The number of hydrogen-bond donors (Lipinski definition) is 2. The highest BCUT2D eigenvalue weighted by Gasteiger charge is 2.50. The number of carbonyl (C=O) groups is 3. The predicted octanol–water partition coefficient (Wildman–Crippen LogP) is 5.40. The Morgan fingerprint density at radius 2 is 1.67 bits per heavy atom. The average molecular weight is 793 g/mol. The number of fused-ring (bicyclic) bond motifs is 2. The number of piperidine rings is 2. The van der Waals surface area contributed by atoms with Crippen molar-refractivity contribution in [1.29, 1.82) is 0 Å². The van der Waals surface area contributed by atoms with Crippen molar-refractivity contribution in [2.24, 2.45) is 5.41 Å². The van der Waals surface area contributed by atoms with Crippen LogP contribution in [-0.2, 0) is 27.5 Å². The van der Waals surface area contributed by atoms with Crippen LogP contribution in [0.2, 0.25) is 0 Å². The van der Waals surface area contributed by atoms with E-state index in [0.29, 0.717) is 51.5 Å². The minimum absolute atomic E-state index is 0.0470. The van der Waals surface area contributed by atoms with E-state index < -0.39 is 6.04 Å². The molecule has 4 fully saturated rings. The summed E-state index contributed by atoms with van der Waals surface area (Å²) in [6.07, 6.45) is 10.6. The summed E-state index contributed by atoms with van der Waals surface area (Å²) in [7, 11) is 2.18. The number of ether oxygens (including phenoxy) is 1. The zero-order chi connectivity index (χ0) is 40.4. The second kappa shape index (κ2) is 17.2. The number of aromatic amines is 1. The summed E-state index contributed by atoms with van der Waals surface area (Å²) < 4.78 is 7.44. The third-order valence-electron chi connectivity index (χ3n) is 13.4. The fourth-order valence-corrected chi connectivity index (χ4v) is 9.55. The van der Waals surface area contributed by atoms with Gasteiger partial charge in [-0.3, -0.25) is 19.3 Å². The largest absolute Gasteiger partial charge is 0.442 e. The van der Waals surface area contributed by atoms with Crippen molar-refractivity contribution >= 4 is 39.7 Å². The number of pyridine rings is 1. The number of esters is 1. The number of unbranched alkanes of at least 4 members (excludes halogenated alkanes) is 1. The summed E-state index contributed by atoms with van der Waals surface area (Å²) in [5, 5.41) is 9.81. The van der Waals surface area contributed by atoms with Gasteiger partial charge in [-0.1, -0.05) is 44.0 Å². The van der Waals surface area contributed by atoms with Crippen molar-refractivity contribution in [1.82, 2.24) is 39.7 Å². The van der Waals surface area contributed by atoms with Crippen molar-refractivity contribution < 1.29 is 19.1 Å². The summed E-state index contributed by atoms with van der Waals surface area (Å²) in [4.78, 5) is 66.1. The van der Waals surface area contributed by atoms with Crippen molar-refractivity contribution in [3.8, 4) is 0 Å². The van der Waals surface area contributed by atoms with Gasteiger partial charge in [-0.2, -0.15) is 5.10 Å². The molecule has 1 saturated carbocycles. The van der Waals surface area contributed by atoms with E-state index in [0.717, 1.165) is 110 Å². The monoisotopic (exact) mass is 792 g/mol. The quantitative estimate of drug-likeness (QED) is 0.182. The number of nitrogens with one attached hydrogen (secondary N) is 2. The predicted molar refractivity (Wildman–Crippen MR) is 225 cm³/mol. The summed E-state index contributed by atoms with van der Waals surface area (Å²) in [6, 6.07) is 13.4. The summed E-state index contributed by atoms with van der Waals surface area (Å²) in [5.41, 5.74) is 3.89. The molecule has 0 bridgehead atoms. The third kappa shape index (κ3) is 8.80. The number of amides is 3. The van der Waals surface area contributed by atoms with Crippen molar-refractivity contribution in [2.75, 3.05) is 59.4 Å². The normalized spacial score (nSPS) is 20.1. The van der Waals surface area contributed by atoms with Crippen LogP contribution in [0.25, 0.3) is 21.8 Å². The molecule has 3 amide bonds. The molecule has 5 heterocycles. The zero-order valence-corrected chi connectivity index (χ0v) is 34.5. The Morgan fingerprint density at radius 3 is 2.40 bits per heavy atom. The van der Waals surface area contributed by atoms with E-state index in [9.17, 15) is 19.2 Å². The SMILES string of the molecule is CCCCC1(C(=O)OCn2cc3cc(C[C@@H](NC(=O)N4CCC(c5cc6ccccc6[nH]c5=O)CC4)C(=O)N4CCN(C5CCN(C)CC5)CC4)cc(C)c3n2)CC1. The number of nitrogens with zero attached hydrogens (tertiary/aromatic N) is 6. The highest BCUT2D eigenvalue weighted by atomic mass is 16.5. The van der Waals surface area contributed by atoms with Crippen molar-refractivity contribution in [3.63, 3.8) is 0 Å². The molecule has 3 aliphatic heterocycles. The van der Waals surface area contributed by atoms with Crippen LogP contribution in [0.15, 0.2) is 53.5 Å². The number of aromatic nitrogens is 3. The molecular weight excluding hydrogens is 733 g/mol. The molecule has 3 saturated heterocycles. The van der Waals surface area contributed by atoms with E-state index in [1.807, 2.05) is 60.5 Å². The Morgan fingerprint density at radius 1 is 0.931 bits per heavy atom. The number of hydrogen-bond acceptors (Lipinski definition) is 8. The number of rotatable bonds is 12. The van der Waals surface area contributed by atoms with Gasteiger partial charge in [-0.05, 0) is 113 Å². The molecule has 58 heavy (non-hydrogen) atoms. The number of H-pyrrole nitrogens is 1. The summed E-state index contributed by atoms with van der Waals surface area (Å²) >= 11 is 0. The lowest BCUT2D eigenvalue weighted by atomic mass is 9.89. The highest BCUT2D eigenvalue weighted by Crippen LogP contribution is 2.51. The lowest BCUT2D eigenvalue weighted by Gasteiger charge is -2.43. The minimum atomic E-state index is -0.755. The topological polar surface area (TPSA) is 136 Å². The fraction of sp³-hybridized carbons (Fsp3) is 0.578. The van der Waals surface area contributed by atoms with E-state index in [2.05, 4.69) is 34.1 Å². The van der Waals surface area contributed by atoms with Gasteiger partial charge in [0.1, 0.15) is 6.04 Å². The number of para-hydroxylation sites is 1. The summed E-state index contributed by atoms with van der Waals surface area (Å²) in [6.45, 7) is 10.3. The number of urea groups is 1. The molecule has 2 aromatic heterocycles.